The Balaban J connectivity index is 2.04. The lowest BCUT2D eigenvalue weighted by Crippen LogP contribution is -2.23. The zero-order chi connectivity index (χ0) is 14.6. The lowest BCUT2D eigenvalue weighted by atomic mass is 10.3. The first-order valence-corrected chi connectivity index (χ1v) is 7.67. The average Bonchev–Trinajstić information content (AvgIpc) is 2.82. The van der Waals surface area contributed by atoms with Crippen LogP contribution in [0.4, 0.5) is 5.69 Å². The summed E-state index contributed by atoms with van der Waals surface area (Å²) in [6.45, 7) is 2.64. The van der Waals surface area contributed by atoms with Gasteiger partial charge in [-0.1, -0.05) is 6.92 Å². The lowest BCUT2D eigenvalue weighted by Gasteiger charge is -2.08. The smallest absolute Gasteiger partial charge is 0.240 e. The van der Waals surface area contributed by atoms with Crippen LogP contribution in [0.2, 0.25) is 0 Å². The van der Waals surface area contributed by atoms with Crippen molar-refractivity contribution in [3.05, 3.63) is 36.4 Å². The average molecular weight is 295 g/mol. The van der Waals surface area contributed by atoms with Gasteiger partial charge in [0.25, 0.3) is 0 Å². The van der Waals surface area contributed by atoms with Crippen LogP contribution in [0.5, 0.6) is 0 Å². The Hall–Kier alpha value is -1.93. The number of anilines is 1. The predicted octanol–water partition coefficient (Wildman–Crippen LogP) is 0.725. The van der Waals surface area contributed by atoms with Crippen molar-refractivity contribution in [2.24, 2.45) is 7.05 Å². The standard InChI is InChI=1S/C12H17N5O2S/c1-3-15-20(18,19)11-6-4-10(5-7-11)13-8-12-16-14-9-17(12)2/h4-7,9,13,15H,3,8H2,1-2H3. The summed E-state index contributed by atoms with van der Waals surface area (Å²) >= 11 is 0. The molecule has 0 unspecified atom stereocenters. The Bertz CT molecular complexity index is 663. The fourth-order valence-electron chi connectivity index (χ4n) is 1.67. The maximum absolute atomic E-state index is 11.8. The molecular weight excluding hydrogens is 278 g/mol. The van der Waals surface area contributed by atoms with E-state index in [-0.39, 0.29) is 4.90 Å². The van der Waals surface area contributed by atoms with E-state index in [4.69, 9.17) is 0 Å². The largest absolute Gasteiger partial charge is 0.378 e. The van der Waals surface area contributed by atoms with Crippen molar-refractivity contribution in [3.63, 3.8) is 0 Å². The van der Waals surface area contributed by atoms with Crippen LogP contribution in [0.3, 0.4) is 0 Å². The fourth-order valence-corrected chi connectivity index (χ4v) is 2.71. The monoisotopic (exact) mass is 295 g/mol. The number of nitrogens with zero attached hydrogens (tertiary/aromatic N) is 3. The summed E-state index contributed by atoms with van der Waals surface area (Å²) in [6, 6.07) is 6.58. The third-order valence-corrected chi connectivity index (χ3v) is 4.32. The van der Waals surface area contributed by atoms with E-state index < -0.39 is 10.0 Å². The molecule has 1 heterocycles. The molecule has 0 atom stereocenters. The Morgan fingerprint density at radius 2 is 1.95 bits per heavy atom. The molecule has 2 rings (SSSR count). The van der Waals surface area contributed by atoms with Crippen molar-refractivity contribution in [3.8, 4) is 0 Å². The Morgan fingerprint density at radius 1 is 1.25 bits per heavy atom. The van der Waals surface area contributed by atoms with Crippen molar-refractivity contribution in [2.75, 3.05) is 11.9 Å². The van der Waals surface area contributed by atoms with E-state index in [2.05, 4.69) is 20.2 Å². The van der Waals surface area contributed by atoms with Gasteiger partial charge in [0.1, 0.15) is 6.33 Å². The molecule has 0 amide bonds. The van der Waals surface area contributed by atoms with Crippen LogP contribution in [0.25, 0.3) is 0 Å². The van der Waals surface area contributed by atoms with E-state index in [0.29, 0.717) is 13.1 Å². The van der Waals surface area contributed by atoms with Crippen LogP contribution in [0, 0.1) is 0 Å². The molecule has 2 aromatic rings. The second-order valence-electron chi connectivity index (χ2n) is 4.24. The summed E-state index contributed by atoms with van der Waals surface area (Å²) in [7, 11) is -1.53. The topological polar surface area (TPSA) is 88.9 Å². The Morgan fingerprint density at radius 3 is 2.50 bits per heavy atom. The number of benzene rings is 1. The van der Waals surface area contributed by atoms with Crippen molar-refractivity contribution >= 4 is 15.7 Å². The van der Waals surface area contributed by atoms with Gasteiger partial charge in [-0.25, -0.2) is 13.1 Å². The van der Waals surface area contributed by atoms with Gasteiger partial charge in [0.05, 0.1) is 11.4 Å². The van der Waals surface area contributed by atoms with Crippen molar-refractivity contribution in [2.45, 2.75) is 18.4 Å². The molecule has 0 bridgehead atoms. The molecule has 7 nitrogen and oxygen atoms in total. The zero-order valence-corrected chi connectivity index (χ0v) is 12.2. The van der Waals surface area contributed by atoms with E-state index in [9.17, 15) is 8.42 Å². The van der Waals surface area contributed by atoms with Crippen LogP contribution in [-0.2, 0) is 23.6 Å². The summed E-state index contributed by atoms with van der Waals surface area (Å²) in [5.74, 6) is 0.800. The van der Waals surface area contributed by atoms with Crippen LogP contribution >= 0.6 is 0 Å². The summed E-state index contributed by atoms with van der Waals surface area (Å²) < 4.78 is 27.8. The van der Waals surface area contributed by atoms with Gasteiger partial charge >= 0.3 is 0 Å². The van der Waals surface area contributed by atoms with Crippen LogP contribution in [-0.4, -0.2) is 29.7 Å². The maximum atomic E-state index is 11.8. The van der Waals surface area contributed by atoms with E-state index in [0.717, 1.165) is 11.5 Å². The first kappa shape index (κ1) is 14.5. The van der Waals surface area contributed by atoms with E-state index in [1.54, 1.807) is 37.5 Å². The van der Waals surface area contributed by atoms with E-state index in [1.807, 2.05) is 11.6 Å². The molecule has 0 aliphatic carbocycles. The van der Waals surface area contributed by atoms with Gasteiger partial charge in [0.2, 0.25) is 10.0 Å². The molecule has 0 radical (unpaired) electrons. The number of aryl methyl sites for hydroxylation is 1. The van der Waals surface area contributed by atoms with Crippen molar-refractivity contribution in [1.29, 1.82) is 0 Å². The second-order valence-corrected chi connectivity index (χ2v) is 6.00. The maximum Gasteiger partial charge on any atom is 0.240 e. The number of hydrogen-bond acceptors (Lipinski definition) is 5. The molecule has 1 aromatic heterocycles. The molecular formula is C12H17N5O2S. The Kier molecular flexibility index (Phi) is 4.35. The second kappa shape index (κ2) is 6.02. The number of hydrogen-bond donors (Lipinski definition) is 2. The molecule has 0 spiro atoms. The molecule has 0 aliphatic heterocycles. The number of rotatable bonds is 6. The highest BCUT2D eigenvalue weighted by molar-refractivity contribution is 7.89. The van der Waals surface area contributed by atoms with Crippen molar-refractivity contribution in [1.82, 2.24) is 19.5 Å². The first-order chi connectivity index (χ1) is 9.53. The number of aromatic nitrogens is 3. The van der Waals surface area contributed by atoms with E-state index in [1.165, 1.54) is 0 Å². The Labute approximate surface area is 118 Å². The van der Waals surface area contributed by atoms with Crippen molar-refractivity contribution < 1.29 is 8.42 Å². The molecule has 2 N–H and O–H groups in total. The minimum Gasteiger partial charge on any atom is -0.378 e. The van der Waals surface area contributed by atoms with Gasteiger partial charge < -0.3 is 9.88 Å². The highest BCUT2D eigenvalue weighted by Gasteiger charge is 2.11. The molecule has 8 heteroatoms. The van der Waals surface area contributed by atoms with E-state index >= 15 is 0 Å². The number of sulfonamides is 1. The quantitative estimate of drug-likeness (QED) is 0.820. The van der Waals surface area contributed by atoms with Gasteiger partial charge in [0, 0.05) is 19.3 Å². The molecule has 0 fully saturated rings. The van der Waals surface area contributed by atoms with Gasteiger partial charge in [-0.3, -0.25) is 0 Å². The summed E-state index contributed by atoms with van der Waals surface area (Å²) in [4.78, 5) is 0.253. The fraction of sp³-hybridized carbons (Fsp3) is 0.333. The molecule has 108 valence electrons. The third kappa shape index (κ3) is 3.34. The van der Waals surface area contributed by atoms with Crippen LogP contribution in [0.15, 0.2) is 35.5 Å². The van der Waals surface area contributed by atoms with Gasteiger partial charge in [-0.05, 0) is 24.3 Å². The van der Waals surface area contributed by atoms with Gasteiger partial charge in [0.15, 0.2) is 5.82 Å². The minimum atomic E-state index is -3.40. The lowest BCUT2D eigenvalue weighted by molar-refractivity contribution is 0.584. The zero-order valence-electron chi connectivity index (χ0n) is 11.4. The molecule has 0 aliphatic rings. The molecule has 1 aromatic carbocycles. The van der Waals surface area contributed by atoms with Crippen LogP contribution < -0.4 is 10.0 Å². The molecule has 0 saturated carbocycles. The van der Waals surface area contributed by atoms with Gasteiger partial charge in [-0.2, -0.15) is 0 Å². The van der Waals surface area contributed by atoms with Crippen LogP contribution in [0.1, 0.15) is 12.7 Å². The predicted molar refractivity (Wildman–Crippen MR) is 75.6 cm³/mol. The highest BCUT2D eigenvalue weighted by Crippen LogP contribution is 2.14. The number of nitrogens with one attached hydrogen (secondary N) is 2. The van der Waals surface area contributed by atoms with Gasteiger partial charge in [-0.15, -0.1) is 10.2 Å². The normalized spacial score (nSPS) is 11.5. The SMILES string of the molecule is CCNS(=O)(=O)c1ccc(NCc2nncn2C)cc1. The summed E-state index contributed by atoms with van der Waals surface area (Å²) in [6.07, 6.45) is 1.63. The molecule has 20 heavy (non-hydrogen) atoms. The highest BCUT2D eigenvalue weighted by atomic mass is 32.2. The molecule has 0 saturated heterocycles. The third-order valence-electron chi connectivity index (χ3n) is 2.75. The summed E-state index contributed by atoms with van der Waals surface area (Å²) in [5, 5.41) is 10.9. The first-order valence-electron chi connectivity index (χ1n) is 6.19. The minimum absolute atomic E-state index is 0.253. The summed E-state index contributed by atoms with van der Waals surface area (Å²) in [5.41, 5.74) is 0.823.